The fourth-order valence-corrected chi connectivity index (χ4v) is 1.54. The summed E-state index contributed by atoms with van der Waals surface area (Å²) in [6.07, 6.45) is 1.82. The Labute approximate surface area is 102 Å². The number of benzene rings is 1. The molecule has 1 heterocycles. The summed E-state index contributed by atoms with van der Waals surface area (Å²) in [5.74, 6) is 0. The molecule has 0 radical (unpaired) electrons. The van der Waals surface area contributed by atoms with Crippen LogP contribution in [0.15, 0.2) is 48.7 Å². The van der Waals surface area contributed by atoms with Crippen LogP contribution in [0.5, 0.6) is 0 Å². The van der Waals surface area contributed by atoms with Gasteiger partial charge in [0.25, 0.3) is 0 Å². The van der Waals surface area contributed by atoms with Crippen molar-refractivity contribution in [1.82, 2.24) is 16.5 Å². The van der Waals surface area contributed by atoms with Crippen LogP contribution < -0.4 is 11.5 Å². The molecule has 0 atom stereocenters. The summed E-state index contributed by atoms with van der Waals surface area (Å²) in [4.78, 5) is 4.26. The molecule has 17 heavy (non-hydrogen) atoms. The molecule has 0 saturated carbocycles. The molecule has 0 aliphatic carbocycles. The van der Waals surface area contributed by atoms with Crippen molar-refractivity contribution in [3.05, 3.63) is 65.5 Å². The number of nitrogens with one attached hydrogen (secondary N) is 1. The van der Waals surface area contributed by atoms with Crippen molar-refractivity contribution >= 4 is 0 Å². The zero-order valence-corrected chi connectivity index (χ0v) is 10.2. The molecule has 0 aliphatic heterocycles. The van der Waals surface area contributed by atoms with Gasteiger partial charge in [-0.15, -0.1) is 0 Å². The van der Waals surface area contributed by atoms with Crippen molar-refractivity contribution in [2.45, 2.75) is 20.0 Å². The highest BCUT2D eigenvalue weighted by molar-refractivity contribution is 5.21. The first-order valence-electron chi connectivity index (χ1n) is 5.51. The van der Waals surface area contributed by atoms with Gasteiger partial charge in [-0.2, -0.15) is 0 Å². The van der Waals surface area contributed by atoms with Crippen LogP contribution >= 0.6 is 0 Å². The van der Waals surface area contributed by atoms with E-state index < -0.39 is 0 Å². The average molecular weight is 229 g/mol. The van der Waals surface area contributed by atoms with Gasteiger partial charge in [0.1, 0.15) is 0 Å². The summed E-state index contributed by atoms with van der Waals surface area (Å²) in [7, 11) is 0. The highest BCUT2D eigenvalue weighted by Gasteiger charge is 1.94. The first-order valence-corrected chi connectivity index (χ1v) is 5.51. The molecule has 1 aromatic heterocycles. The number of pyridine rings is 1. The second-order valence-electron chi connectivity index (χ2n) is 3.91. The van der Waals surface area contributed by atoms with E-state index in [-0.39, 0.29) is 6.15 Å². The van der Waals surface area contributed by atoms with Crippen molar-refractivity contribution in [2.75, 3.05) is 0 Å². The molecule has 2 rings (SSSR count). The number of aromatic nitrogens is 1. The van der Waals surface area contributed by atoms with Gasteiger partial charge in [-0.05, 0) is 24.6 Å². The molecule has 4 N–H and O–H groups in total. The van der Waals surface area contributed by atoms with Gasteiger partial charge in [-0.25, -0.2) is 0 Å². The number of rotatable bonds is 4. The van der Waals surface area contributed by atoms with Gasteiger partial charge in [0.2, 0.25) is 0 Å². The van der Waals surface area contributed by atoms with Crippen LogP contribution in [0.25, 0.3) is 0 Å². The maximum Gasteiger partial charge on any atom is 0.0541 e. The van der Waals surface area contributed by atoms with E-state index >= 15 is 0 Å². The Bertz CT molecular complexity index is 423. The quantitative estimate of drug-likeness (QED) is 0.847. The van der Waals surface area contributed by atoms with Crippen LogP contribution in [-0.2, 0) is 13.1 Å². The van der Waals surface area contributed by atoms with Gasteiger partial charge < -0.3 is 11.5 Å². The minimum atomic E-state index is 0. The van der Waals surface area contributed by atoms with Crippen molar-refractivity contribution in [2.24, 2.45) is 0 Å². The van der Waals surface area contributed by atoms with Gasteiger partial charge in [0.15, 0.2) is 0 Å². The van der Waals surface area contributed by atoms with Gasteiger partial charge in [0, 0.05) is 19.3 Å². The third-order valence-electron chi connectivity index (χ3n) is 2.48. The average Bonchev–Trinajstić information content (AvgIpc) is 2.33. The molecule has 2 aromatic rings. The molecule has 90 valence electrons. The molecule has 3 heteroatoms. The van der Waals surface area contributed by atoms with E-state index in [1.165, 1.54) is 11.1 Å². The van der Waals surface area contributed by atoms with Crippen LogP contribution in [0.2, 0.25) is 0 Å². The third kappa shape index (κ3) is 4.34. The second-order valence-corrected chi connectivity index (χ2v) is 3.91. The summed E-state index contributed by atoms with van der Waals surface area (Å²) in [6, 6.07) is 14.6. The Hall–Kier alpha value is -1.71. The predicted octanol–water partition coefficient (Wildman–Crippen LogP) is 2.84. The lowest BCUT2D eigenvalue weighted by atomic mass is 10.1. The molecule has 0 aliphatic rings. The summed E-state index contributed by atoms with van der Waals surface area (Å²) in [5, 5.41) is 3.37. The van der Waals surface area contributed by atoms with Crippen molar-refractivity contribution in [3.63, 3.8) is 0 Å². The van der Waals surface area contributed by atoms with Crippen LogP contribution in [0.3, 0.4) is 0 Å². The fraction of sp³-hybridized carbons (Fsp3) is 0.214. The predicted molar refractivity (Wildman–Crippen MR) is 71.0 cm³/mol. The Kier molecular flexibility index (Phi) is 5.33. The molecular formula is C14H19N3. The fourth-order valence-electron chi connectivity index (χ4n) is 1.54. The van der Waals surface area contributed by atoms with E-state index in [0.717, 1.165) is 18.8 Å². The smallest absolute Gasteiger partial charge is 0.0541 e. The Balaban J connectivity index is 0.00000144. The standard InChI is InChI=1S/C14H16N2.H3N/c1-12-5-7-13(8-6-12)10-15-11-14-4-2-3-9-16-14;/h2-9,15H,10-11H2,1H3;1H3. The second kappa shape index (κ2) is 6.78. The lowest BCUT2D eigenvalue weighted by molar-refractivity contribution is 0.679. The zero-order chi connectivity index (χ0) is 11.2. The number of nitrogens with zero attached hydrogens (tertiary/aromatic N) is 1. The molecule has 0 saturated heterocycles. The highest BCUT2D eigenvalue weighted by Crippen LogP contribution is 2.02. The summed E-state index contributed by atoms with van der Waals surface area (Å²) in [6.45, 7) is 3.80. The minimum Gasteiger partial charge on any atom is -0.344 e. The van der Waals surface area contributed by atoms with Gasteiger partial charge in [-0.1, -0.05) is 35.9 Å². The van der Waals surface area contributed by atoms with Gasteiger partial charge in [-0.3, -0.25) is 4.98 Å². The van der Waals surface area contributed by atoms with E-state index in [9.17, 15) is 0 Å². The van der Waals surface area contributed by atoms with Crippen LogP contribution in [0.1, 0.15) is 16.8 Å². The van der Waals surface area contributed by atoms with E-state index in [1.807, 2.05) is 24.4 Å². The zero-order valence-electron chi connectivity index (χ0n) is 10.2. The van der Waals surface area contributed by atoms with Crippen molar-refractivity contribution in [3.8, 4) is 0 Å². The molecule has 0 fully saturated rings. The summed E-state index contributed by atoms with van der Waals surface area (Å²) < 4.78 is 0. The monoisotopic (exact) mass is 229 g/mol. The molecular weight excluding hydrogens is 210 g/mol. The lowest BCUT2D eigenvalue weighted by Gasteiger charge is -2.04. The van der Waals surface area contributed by atoms with Crippen molar-refractivity contribution < 1.29 is 0 Å². The van der Waals surface area contributed by atoms with E-state index in [2.05, 4.69) is 41.5 Å². The first-order chi connectivity index (χ1) is 7.84. The number of hydrogen-bond donors (Lipinski definition) is 2. The van der Waals surface area contributed by atoms with Crippen LogP contribution in [0, 0.1) is 6.92 Å². The topological polar surface area (TPSA) is 59.9 Å². The maximum absolute atomic E-state index is 4.26. The van der Waals surface area contributed by atoms with Crippen LogP contribution in [-0.4, -0.2) is 4.98 Å². The summed E-state index contributed by atoms with van der Waals surface area (Å²) >= 11 is 0. The Morgan fingerprint density at radius 1 is 1.00 bits per heavy atom. The maximum atomic E-state index is 4.26. The van der Waals surface area contributed by atoms with Crippen LogP contribution in [0.4, 0.5) is 0 Å². The van der Waals surface area contributed by atoms with E-state index in [4.69, 9.17) is 0 Å². The molecule has 0 bridgehead atoms. The largest absolute Gasteiger partial charge is 0.344 e. The number of hydrogen-bond acceptors (Lipinski definition) is 3. The Morgan fingerprint density at radius 3 is 2.41 bits per heavy atom. The highest BCUT2D eigenvalue weighted by atomic mass is 14.9. The summed E-state index contributed by atoms with van der Waals surface area (Å²) in [5.41, 5.74) is 3.68. The van der Waals surface area contributed by atoms with Crippen molar-refractivity contribution in [1.29, 1.82) is 0 Å². The third-order valence-corrected chi connectivity index (χ3v) is 2.48. The van der Waals surface area contributed by atoms with Gasteiger partial charge in [0.05, 0.1) is 5.69 Å². The SMILES string of the molecule is Cc1ccc(CNCc2ccccn2)cc1.N. The lowest BCUT2D eigenvalue weighted by Crippen LogP contribution is -2.13. The molecule has 3 nitrogen and oxygen atoms in total. The Morgan fingerprint density at radius 2 is 1.76 bits per heavy atom. The molecule has 0 amide bonds. The van der Waals surface area contributed by atoms with Gasteiger partial charge >= 0.3 is 0 Å². The normalized spacial score (nSPS) is 9.71. The first kappa shape index (κ1) is 13.4. The van der Waals surface area contributed by atoms with E-state index in [0.29, 0.717) is 0 Å². The molecule has 0 unspecified atom stereocenters. The number of aryl methyl sites for hydroxylation is 1. The molecule has 0 spiro atoms. The molecule has 1 aromatic carbocycles. The minimum absolute atomic E-state index is 0. The van der Waals surface area contributed by atoms with E-state index in [1.54, 1.807) is 0 Å².